The zero-order valence-corrected chi connectivity index (χ0v) is 12.4. The fourth-order valence-corrected chi connectivity index (χ4v) is 1.75. The van der Waals surface area contributed by atoms with E-state index in [1.165, 1.54) is 7.11 Å². The normalized spacial score (nSPS) is 9.95. The number of esters is 1. The lowest BCUT2D eigenvalue weighted by molar-refractivity contribution is -0.120. The van der Waals surface area contributed by atoms with E-state index in [1.807, 2.05) is 6.92 Å². The summed E-state index contributed by atoms with van der Waals surface area (Å²) < 4.78 is 4.64. The third-order valence-corrected chi connectivity index (χ3v) is 2.96. The first-order chi connectivity index (χ1) is 9.58. The SMILES string of the molecule is CCCNC(=O)CCNc1cc(C(=O)OC)ccc1Cl. The second-order valence-electron chi connectivity index (χ2n) is 4.21. The van der Waals surface area contributed by atoms with Crippen LogP contribution in [0.15, 0.2) is 18.2 Å². The maximum Gasteiger partial charge on any atom is 0.337 e. The Balaban J connectivity index is 2.55. The van der Waals surface area contributed by atoms with Crippen molar-refractivity contribution in [3.8, 4) is 0 Å². The number of benzene rings is 1. The van der Waals surface area contributed by atoms with Gasteiger partial charge in [0.05, 0.1) is 23.4 Å². The molecule has 0 saturated carbocycles. The highest BCUT2D eigenvalue weighted by Gasteiger charge is 2.09. The summed E-state index contributed by atoms with van der Waals surface area (Å²) in [5.41, 5.74) is 1.02. The number of hydrogen-bond donors (Lipinski definition) is 2. The fraction of sp³-hybridized carbons (Fsp3) is 0.429. The molecule has 1 amide bonds. The van der Waals surface area contributed by atoms with E-state index in [4.69, 9.17) is 11.6 Å². The lowest BCUT2D eigenvalue weighted by Gasteiger charge is -2.10. The number of methoxy groups -OCH3 is 1. The first kappa shape index (κ1) is 16.3. The zero-order chi connectivity index (χ0) is 15.0. The van der Waals surface area contributed by atoms with Crippen molar-refractivity contribution in [2.45, 2.75) is 19.8 Å². The van der Waals surface area contributed by atoms with Gasteiger partial charge in [-0.1, -0.05) is 18.5 Å². The van der Waals surface area contributed by atoms with Crippen LogP contribution >= 0.6 is 11.6 Å². The number of carbonyl (C=O) groups excluding carboxylic acids is 2. The number of carbonyl (C=O) groups is 2. The van der Waals surface area contributed by atoms with Crippen molar-refractivity contribution in [3.05, 3.63) is 28.8 Å². The summed E-state index contributed by atoms with van der Waals surface area (Å²) in [4.78, 5) is 22.9. The number of amides is 1. The maximum absolute atomic E-state index is 11.4. The molecule has 0 unspecified atom stereocenters. The van der Waals surface area contributed by atoms with Gasteiger partial charge in [0.25, 0.3) is 0 Å². The molecule has 0 bridgehead atoms. The summed E-state index contributed by atoms with van der Waals surface area (Å²) in [6.45, 7) is 3.12. The maximum atomic E-state index is 11.4. The molecule has 0 aliphatic carbocycles. The Kier molecular flexibility index (Phi) is 6.87. The second kappa shape index (κ2) is 8.43. The number of ether oxygens (including phenoxy) is 1. The molecular formula is C14H19ClN2O3. The molecule has 1 aromatic carbocycles. The molecule has 0 aromatic heterocycles. The Bertz CT molecular complexity index is 477. The van der Waals surface area contributed by atoms with Crippen LogP contribution in [0.1, 0.15) is 30.1 Å². The van der Waals surface area contributed by atoms with Crippen LogP contribution in [0, 0.1) is 0 Å². The minimum atomic E-state index is -0.426. The van der Waals surface area contributed by atoms with E-state index in [9.17, 15) is 9.59 Å². The van der Waals surface area contributed by atoms with Gasteiger partial charge in [0, 0.05) is 19.5 Å². The highest BCUT2D eigenvalue weighted by Crippen LogP contribution is 2.23. The Hall–Kier alpha value is -1.75. The van der Waals surface area contributed by atoms with Crippen molar-refractivity contribution in [2.24, 2.45) is 0 Å². The number of halogens is 1. The molecule has 6 heteroatoms. The van der Waals surface area contributed by atoms with E-state index in [0.717, 1.165) is 6.42 Å². The van der Waals surface area contributed by atoms with Crippen LogP contribution in [0.3, 0.4) is 0 Å². The van der Waals surface area contributed by atoms with Crippen molar-refractivity contribution in [1.82, 2.24) is 5.32 Å². The summed E-state index contributed by atoms with van der Waals surface area (Å²) in [5.74, 6) is -0.440. The van der Waals surface area contributed by atoms with Gasteiger partial charge in [-0.15, -0.1) is 0 Å². The van der Waals surface area contributed by atoms with Gasteiger partial charge in [0.2, 0.25) is 5.91 Å². The van der Waals surface area contributed by atoms with E-state index >= 15 is 0 Å². The topological polar surface area (TPSA) is 67.4 Å². The minimum Gasteiger partial charge on any atom is -0.465 e. The highest BCUT2D eigenvalue weighted by atomic mass is 35.5. The number of rotatable bonds is 7. The molecule has 0 atom stereocenters. The number of hydrogen-bond acceptors (Lipinski definition) is 4. The standard InChI is InChI=1S/C14H19ClN2O3/c1-3-7-17-13(18)6-8-16-12-9-10(14(19)20-2)4-5-11(12)15/h4-5,9,16H,3,6-8H2,1-2H3,(H,17,18). The summed E-state index contributed by atoms with van der Waals surface area (Å²) >= 11 is 6.03. The van der Waals surface area contributed by atoms with Crippen molar-refractivity contribution in [3.63, 3.8) is 0 Å². The lowest BCUT2D eigenvalue weighted by atomic mass is 10.2. The smallest absolute Gasteiger partial charge is 0.337 e. The predicted octanol–water partition coefficient (Wildman–Crippen LogP) is 2.45. The Morgan fingerprint density at radius 2 is 2.05 bits per heavy atom. The number of nitrogens with one attached hydrogen (secondary N) is 2. The predicted molar refractivity (Wildman–Crippen MR) is 79.2 cm³/mol. The van der Waals surface area contributed by atoms with E-state index in [-0.39, 0.29) is 5.91 Å². The van der Waals surface area contributed by atoms with Gasteiger partial charge in [-0.2, -0.15) is 0 Å². The molecule has 5 nitrogen and oxygen atoms in total. The average Bonchev–Trinajstić information content (AvgIpc) is 2.46. The van der Waals surface area contributed by atoms with Crippen LogP contribution in [0.25, 0.3) is 0 Å². The lowest BCUT2D eigenvalue weighted by Crippen LogP contribution is -2.25. The Morgan fingerprint density at radius 3 is 2.70 bits per heavy atom. The first-order valence-corrected chi connectivity index (χ1v) is 6.84. The van der Waals surface area contributed by atoms with Gasteiger partial charge in [-0.3, -0.25) is 4.79 Å². The van der Waals surface area contributed by atoms with Crippen LogP contribution in [0.2, 0.25) is 5.02 Å². The molecule has 1 rings (SSSR count). The fourth-order valence-electron chi connectivity index (χ4n) is 1.57. The Labute approximate surface area is 123 Å². The average molecular weight is 299 g/mol. The van der Waals surface area contributed by atoms with E-state index in [2.05, 4.69) is 15.4 Å². The molecule has 2 N–H and O–H groups in total. The van der Waals surface area contributed by atoms with Gasteiger partial charge in [0.1, 0.15) is 0 Å². The van der Waals surface area contributed by atoms with Gasteiger partial charge in [0.15, 0.2) is 0 Å². The second-order valence-corrected chi connectivity index (χ2v) is 4.62. The third-order valence-electron chi connectivity index (χ3n) is 2.63. The molecule has 0 saturated heterocycles. The molecule has 0 heterocycles. The summed E-state index contributed by atoms with van der Waals surface area (Å²) in [6.07, 6.45) is 1.25. The molecule has 20 heavy (non-hydrogen) atoms. The van der Waals surface area contributed by atoms with Crippen molar-refractivity contribution in [1.29, 1.82) is 0 Å². The molecular weight excluding hydrogens is 280 g/mol. The molecule has 0 aliphatic heterocycles. The molecule has 0 radical (unpaired) electrons. The minimum absolute atomic E-state index is 0.0143. The summed E-state index contributed by atoms with van der Waals surface area (Å²) in [7, 11) is 1.32. The van der Waals surface area contributed by atoms with Crippen molar-refractivity contribution >= 4 is 29.2 Å². The molecule has 0 spiro atoms. The largest absolute Gasteiger partial charge is 0.465 e. The van der Waals surface area contributed by atoms with Gasteiger partial charge in [-0.25, -0.2) is 4.79 Å². The molecule has 1 aromatic rings. The van der Waals surface area contributed by atoms with Crippen molar-refractivity contribution in [2.75, 3.05) is 25.5 Å². The number of anilines is 1. The van der Waals surface area contributed by atoms with Crippen LogP contribution in [0.5, 0.6) is 0 Å². The molecule has 110 valence electrons. The van der Waals surface area contributed by atoms with Crippen molar-refractivity contribution < 1.29 is 14.3 Å². The zero-order valence-electron chi connectivity index (χ0n) is 11.7. The summed E-state index contributed by atoms with van der Waals surface area (Å²) in [5, 5.41) is 6.32. The highest BCUT2D eigenvalue weighted by molar-refractivity contribution is 6.33. The molecule has 0 fully saturated rings. The monoisotopic (exact) mass is 298 g/mol. The van der Waals surface area contributed by atoms with Gasteiger partial charge in [-0.05, 0) is 24.6 Å². The van der Waals surface area contributed by atoms with E-state index in [1.54, 1.807) is 18.2 Å². The Morgan fingerprint density at radius 1 is 1.30 bits per heavy atom. The van der Waals surface area contributed by atoms with Crippen LogP contribution in [-0.2, 0) is 9.53 Å². The van der Waals surface area contributed by atoms with E-state index < -0.39 is 5.97 Å². The summed E-state index contributed by atoms with van der Waals surface area (Å²) in [6, 6.07) is 4.82. The first-order valence-electron chi connectivity index (χ1n) is 6.47. The van der Waals surface area contributed by atoms with Crippen LogP contribution in [0.4, 0.5) is 5.69 Å². The quantitative estimate of drug-likeness (QED) is 0.759. The van der Waals surface area contributed by atoms with Gasteiger partial charge < -0.3 is 15.4 Å². The van der Waals surface area contributed by atoms with Crippen LogP contribution in [-0.4, -0.2) is 32.1 Å². The van der Waals surface area contributed by atoms with Crippen LogP contribution < -0.4 is 10.6 Å². The molecule has 0 aliphatic rings. The third kappa shape index (κ3) is 5.09. The van der Waals surface area contributed by atoms with Gasteiger partial charge >= 0.3 is 5.97 Å². The van der Waals surface area contributed by atoms with E-state index in [0.29, 0.717) is 35.8 Å².